The number of carbonyl (C=O) groups excluding carboxylic acids is 1. The number of aromatic nitrogens is 2. The van der Waals surface area contributed by atoms with Crippen molar-refractivity contribution in [3.8, 4) is 0 Å². The summed E-state index contributed by atoms with van der Waals surface area (Å²) in [4.78, 5) is 25.8. The summed E-state index contributed by atoms with van der Waals surface area (Å²) >= 11 is 0. The van der Waals surface area contributed by atoms with E-state index in [1.807, 2.05) is 12.1 Å². The summed E-state index contributed by atoms with van der Waals surface area (Å²) in [7, 11) is -0.757. The Labute approximate surface area is 208 Å². The third kappa shape index (κ3) is 5.55. The molecule has 1 amide bonds. The van der Waals surface area contributed by atoms with Gasteiger partial charge in [0.2, 0.25) is 10.0 Å². The first-order valence-corrected chi connectivity index (χ1v) is 13.0. The van der Waals surface area contributed by atoms with Gasteiger partial charge in [-0.2, -0.15) is 0 Å². The number of para-hydroxylation sites is 1. The van der Waals surface area contributed by atoms with Crippen LogP contribution in [0.4, 0.5) is 33.1 Å². The maximum absolute atomic E-state index is 13.6. The van der Waals surface area contributed by atoms with E-state index < -0.39 is 21.7 Å². The van der Waals surface area contributed by atoms with Gasteiger partial charge in [-0.25, -0.2) is 28.3 Å². The number of rotatable bonds is 9. The van der Waals surface area contributed by atoms with Crippen LogP contribution in [0.3, 0.4) is 0 Å². The molecule has 36 heavy (non-hydrogen) atoms. The molecule has 0 spiro atoms. The molecule has 190 valence electrons. The molecular formula is C24H27FN6O4S. The number of benzene rings is 1. The Kier molecular flexibility index (Phi) is 7.09. The molecule has 3 aromatic rings. The van der Waals surface area contributed by atoms with Crippen molar-refractivity contribution < 1.29 is 22.4 Å². The van der Waals surface area contributed by atoms with E-state index in [0.29, 0.717) is 34.3 Å². The van der Waals surface area contributed by atoms with Gasteiger partial charge >= 0.3 is 0 Å². The monoisotopic (exact) mass is 514 g/mol. The van der Waals surface area contributed by atoms with Gasteiger partial charge in [0.1, 0.15) is 17.5 Å². The van der Waals surface area contributed by atoms with E-state index in [9.17, 15) is 17.6 Å². The van der Waals surface area contributed by atoms with Crippen LogP contribution in [0.15, 0.2) is 42.7 Å². The van der Waals surface area contributed by atoms with Gasteiger partial charge in [0.05, 0.1) is 42.2 Å². The number of pyridine rings is 2. The highest BCUT2D eigenvalue weighted by molar-refractivity contribution is 7.92. The normalized spacial score (nSPS) is 13.2. The zero-order chi connectivity index (χ0) is 26.0. The minimum absolute atomic E-state index is 0.171. The van der Waals surface area contributed by atoms with Gasteiger partial charge in [-0.15, -0.1) is 0 Å². The molecule has 0 aliphatic heterocycles. The van der Waals surface area contributed by atoms with Crippen molar-refractivity contribution in [2.75, 3.05) is 35.4 Å². The number of nitrogens with zero attached hydrogens (tertiary/aromatic N) is 3. The first-order chi connectivity index (χ1) is 17.1. The highest BCUT2D eigenvalue weighted by Gasteiger charge is 2.29. The number of halogens is 1. The minimum Gasteiger partial charge on any atom is -0.353 e. The SMILES string of the molecule is CONC(=O)c1cnc(Nc2cc(C)c(F)cn2)cc1Nc1c(C2CC2)cccc1N(C)S(C)(=O)=O. The number of nitrogens with one attached hydrogen (secondary N) is 3. The Bertz CT molecular complexity index is 1410. The number of carbonyl (C=O) groups is 1. The number of amides is 1. The molecule has 1 saturated carbocycles. The Morgan fingerprint density at radius 1 is 1.14 bits per heavy atom. The number of hydrogen-bond donors (Lipinski definition) is 3. The fourth-order valence-electron chi connectivity index (χ4n) is 3.70. The summed E-state index contributed by atoms with van der Waals surface area (Å²) < 4.78 is 39.6. The first kappa shape index (κ1) is 25.3. The van der Waals surface area contributed by atoms with E-state index in [0.717, 1.165) is 30.9 Å². The van der Waals surface area contributed by atoms with Crippen molar-refractivity contribution in [2.24, 2.45) is 0 Å². The highest BCUT2D eigenvalue weighted by atomic mass is 32.2. The molecule has 1 aliphatic carbocycles. The van der Waals surface area contributed by atoms with Crippen molar-refractivity contribution in [3.63, 3.8) is 0 Å². The van der Waals surface area contributed by atoms with Gasteiger partial charge in [-0.1, -0.05) is 12.1 Å². The van der Waals surface area contributed by atoms with E-state index in [-0.39, 0.29) is 11.5 Å². The maximum atomic E-state index is 13.6. The molecule has 2 aromatic heterocycles. The van der Waals surface area contributed by atoms with Crippen molar-refractivity contribution in [3.05, 3.63) is 65.2 Å². The maximum Gasteiger partial charge on any atom is 0.278 e. The summed E-state index contributed by atoms with van der Waals surface area (Å²) in [5.74, 6) is 0.0186. The van der Waals surface area contributed by atoms with Crippen LogP contribution in [0.2, 0.25) is 0 Å². The number of aryl methyl sites for hydroxylation is 1. The summed E-state index contributed by atoms with van der Waals surface area (Å²) in [6.07, 6.45) is 5.56. The Morgan fingerprint density at radius 3 is 2.47 bits per heavy atom. The lowest BCUT2D eigenvalue weighted by atomic mass is 10.1. The average Bonchev–Trinajstić information content (AvgIpc) is 3.66. The first-order valence-electron chi connectivity index (χ1n) is 11.1. The number of anilines is 5. The van der Waals surface area contributed by atoms with E-state index in [1.165, 1.54) is 30.7 Å². The van der Waals surface area contributed by atoms with Crippen molar-refractivity contribution in [1.82, 2.24) is 15.4 Å². The molecule has 1 aromatic carbocycles. The van der Waals surface area contributed by atoms with E-state index in [2.05, 4.69) is 26.1 Å². The number of sulfonamides is 1. The molecule has 10 nitrogen and oxygen atoms in total. The van der Waals surface area contributed by atoms with Crippen LogP contribution in [0.5, 0.6) is 0 Å². The lowest BCUT2D eigenvalue weighted by Gasteiger charge is -2.24. The standard InChI is InChI=1S/C24H27FN6O4S/c1-14-10-21(27-13-18(14)25)29-22-11-19(17(12-26-22)24(32)30-35-3)28-23-16(15-8-9-15)6-5-7-20(23)31(2)36(4,33)34/h5-7,10-13,15H,8-9H2,1-4H3,(H,30,32)(H2,26,27,28,29). The van der Waals surface area contributed by atoms with Crippen LogP contribution in [0.1, 0.15) is 40.2 Å². The number of hydrogen-bond acceptors (Lipinski definition) is 8. The van der Waals surface area contributed by atoms with Gasteiger partial charge in [-0.3, -0.25) is 13.9 Å². The van der Waals surface area contributed by atoms with Crippen LogP contribution in [0, 0.1) is 12.7 Å². The van der Waals surface area contributed by atoms with Gasteiger partial charge in [-0.05, 0) is 48.9 Å². The van der Waals surface area contributed by atoms with E-state index >= 15 is 0 Å². The molecule has 0 atom stereocenters. The quantitative estimate of drug-likeness (QED) is 0.366. The zero-order valence-electron chi connectivity index (χ0n) is 20.3. The Hall–Kier alpha value is -3.77. The van der Waals surface area contributed by atoms with Gasteiger partial charge in [0, 0.05) is 19.3 Å². The topological polar surface area (TPSA) is 126 Å². The molecule has 1 fully saturated rings. The Morgan fingerprint density at radius 2 is 1.83 bits per heavy atom. The molecule has 3 N–H and O–H groups in total. The second-order valence-electron chi connectivity index (χ2n) is 8.57. The van der Waals surface area contributed by atoms with Crippen LogP contribution >= 0.6 is 0 Å². The zero-order valence-corrected chi connectivity index (χ0v) is 21.1. The minimum atomic E-state index is -3.55. The molecule has 0 saturated heterocycles. The molecular weight excluding hydrogens is 487 g/mol. The fourth-order valence-corrected chi connectivity index (χ4v) is 4.21. The van der Waals surface area contributed by atoms with Crippen molar-refractivity contribution in [1.29, 1.82) is 0 Å². The van der Waals surface area contributed by atoms with Crippen LogP contribution in [-0.2, 0) is 14.9 Å². The molecule has 2 heterocycles. The smallest absolute Gasteiger partial charge is 0.278 e. The summed E-state index contributed by atoms with van der Waals surface area (Å²) in [5.41, 5.74) is 5.19. The average molecular weight is 515 g/mol. The fraction of sp³-hybridized carbons (Fsp3) is 0.292. The summed E-state index contributed by atoms with van der Waals surface area (Å²) in [6, 6.07) is 8.60. The second kappa shape index (κ2) is 10.1. The Balaban J connectivity index is 1.79. The summed E-state index contributed by atoms with van der Waals surface area (Å²) in [6.45, 7) is 1.62. The third-order valence-corrected chi connectivity index (χ3v) is 7.03. The summed E-state index contributed by atoms with van der Waals surface area (Å²) in [5, 5.41) is 6.30. The molecule has 0 bridgehead atoms. The van der Waals surface area contributed by atoms with E-state index in [4.69, 9.17) is 4.84 Å². The predicted molar refractivity (Wildman–Crippen MR) is 136 cm³/mol. The molecule has 12 heteroatoms. The molecule has 0 radical (unpaired) electrons. The van der Waals surface area contributed by atoms with E-state index in [1.54, 1.807) is 19.1 Å². The van der Waals surface area contributed by atoms with Gasteiger partial charge in [0.25, 0.3) is 5.91 Å². The van der Waals surface area contributed by atoms with Gasteiger partial charge < -0.3 is 10.6 Å². The highest BCUT2D eigenvalue weighted by Crippen LogP contribution is 2.47. The second-order valence-corrected chi connectivity index (χ2v) is 10.6. The number of hydroxylamine groups is 1. The lowest BCUT2D eigenvalue weighted by molar-refractivity contribution is 0.0538. The van der Waals surface area contributed by atoms with Crippen molar-refractivity contribution in [2.45, 2.75) is 25.7 Å². The molecule has 0 unspecified atom stereocenters. The largest absolute Gasteiger partial charge is 0.353 e. The van der Waals surface area contributed by atoms with Crippen molar-refractivity contribution >= 4 is 44.6 Å². The predicted octanol–water partition coefficient (Wildman–Crippen LogP) is 3.98. The van der Waals surface area contributed by atoms with Crippen LogP contribution in [0.25, 0.3) is 0 Å². The van der Waals surface area contributed by atoms with Crippen LogP contribution < -0.4 is 20.4 Å². The van der Waals surface area contributed by atoms with Crippen LogP contribution in [-0.4, -0.2) is 44.7 Å². The molecule has 1 aliphatic rings. The van der Waals surface area contributed by atoms with Gasteiger partial charge in [0.15, 0.2) is 0 Å². The molecule has 4 rings (SSSR count). The third-order valence-electron chi connectivity index (χ3n) is 5.83. The lowest BCUT2D eigenvalue weighted by Crippen LogP contribution is -2.26.